The van der Waals surface area contributed by atoms with Gasteiger partial charge in [0.15, 0.2) is 0 Å². The van der Waals surface area contributed by atoms with Crippen LogP contribution < -0.4 is 5.48 Å². The zero-order valence-electron chi connectivity index (χ0n) is 8.93. The molecule has 0 fully saturated rings. The smallest absolute Gasteiger partial charge is 0.330 e. The zero-order valence-corrected chi connectivity index (χ0v) is 8.93. The van der Waals surface area contributed by atoms with Crippen molar-refractivity contribution in [3.8, 4) is 0 Å². The number of aromatic nitrogens is 1. The van der Waals surface area contributed by atoms with E-state index in [1.54, 1.807) is 13.2 Å². The van der Waals surface area contributed by atoms with Crippen LogP contribution in [0.1, 0.15) is 5.69 Å². The Morgan fingerprint density at radius 2 is 2.12 bits per heavy atom. The van der Waals surface area contributed by atoms with Crippen molar-refractivity contribution in [2.45, 2.75) is 6.42 Å². The molecule has 82 valence electrons. The molecule has 0 bridgehead atoms. The van der Waals surface area contributed by atoms with Crippen molar-refractivity contribution in [2.75, 3.05) is 7.05 Å². The summed E-state index contributed by atoms with van der Waals surface area (Å²) in [4.78, 5) is 20.1. The van der Waals surface area contributed by atoms with Crippen molar-refractivity contribution in [1.29, 1.82) is 0 Å². The van der Waals surface area contributed by atoms with Crippen LogP contribution in [0, 0.1) is 0 Å². The van der Waals surface area contributed by atoms with E-state index >= 15 is 0 Å². The summed E-state index contributed by atoms with van der Waals surface area (Å²) < 4.78 is 0. The highest BCUT2D eigenvalue weighted by Gasteiger charge is 2.05. The van der Waals surface area contributed by atoms with Crippen molar-refractivity contribution in [3.05, 3.63) is 42.2 Å². The van der Waals surface area contributed by atoms with Crippen molar-refractivity contribution < 1.29 is 9.63 Å². The number of pyridine rings is 1. The molecule has 4 nitrogen and oxygen atoms in total. The van der Waals surface area contributed by atoms with Crippen LogP contribution in [0.2, 0.25) is 0 Å². The number of fused-ring (bicyclic) bond motifs is 1. The second-order valence-corrected chi connectivity index (χ2v) is 3.38. The predicted molar refractivity (Wildman–Crippen MR) is 60.6 cm³/mol. The van der Waals surface area contributed by atoms with Crippen molar-refractivity contribution in [2.24, 2.45) is 0 Å². The molecule has 1 heterocycles. The Bertz CT molecular complexity index is 511. The SMILES string of the molecule is CNOC(=O)Cc1cc2ccccc2cn1. The van der Waals surface area contributed by atoms with E-state index in [9.17, 15) is 4.79 Å². The number of hydrogen-bond donors (Lipinski definition) is 1. The molecule has 0 aliphatic rings. The molecule has 1 aromatic heterocycles. The highest BCUT2D eigenvalue weighted by molar-refractivity contribution is 5.82. The van der Waals surface area contributed by atoms with Gasteiger partial charge in [0.2, 0.25) is 0 Å². The normalized spacial score (nSPS) is 10.3. The molecule has 0 atom stereocenters. The molecule has 0 aliphatic carbocycles. The fourth-order valence-corrected chi connectivity index (χ4v) is 1.52. The monoisotopic (exact) mass is 216 g/mol. The number of hydrogen-bond acceptors (Lipinski definition) is 4. The van der Waals surface area contributed by atoms with E-state index in [2.05, 4.69) is 15.3 Å². The molecule has 0 radical (unpaired) electrons. The third-order valence-corrected chi connectivity index (χ3v) is 2.23. The van der Waals surface area contributed by atoms with Gasteiger partial charge in [0.05, 0.1) is 12.1 Å². The van der Waals surface area contributed by atoms with E-state index in [0.717, 1.165) is 10.8 Å². The van der Waals surface area contributed by atoms with Crippen LogP contribution in [0.3, 0.4) is 0 Å². The summed E-state index contributed by atoms with van der Waals surface area (Å²) >= 11 is 0. The highest BCUT2D eigenvalue weighted by atomic mass is 16.7. The summed E-state index contributed by atoms with van der Waals surface area (Å²) in [6.45, 7) is 0. The average molecular weight is 216 g/mol. The van der Waals surface area contributed by atoms with E-state index in [-0.39, 0.29) is 12.4 Å². The molecule has 16 heavy (non-hydrogen) atoms. The number of rotatable bonds is 3. The Labute approximate surface area is 93.2 Å². The molecule has 0 amide bonds. The van der Waals surface area contributed by atoms with Gasteiger partial charge in [0, 0.05) is 18.6 Å². The van der Waals surface area contributed by atoms with Crippen LogP contribution >= 0.6 is 0 Å². The standard InChI is InChI=1S/C12H12N2O2/c1-13-16-12(15)7-11-6-9-4-2-3-5-10(9)8-14-11/h2-6,8,13H,7H2,1H3. The first kappa shape index (κ1) is 10.6. The van der Waals surface area contributed by atoms with Gasteiger partial charge in [-0.1, -0.05) is 24.3 Å². The van der Waals surface area contributed by atoms with Gasteiger partial charge in [-0.2, -0.15) is 5.48 Å². The van der Waals surface area contributed by atoms with Gasteiger partial charge < -0.3 is 4.84 Å². The minimum Gasteiger partial charge on any atom is -0.371 e. The Morgan fingerprint density at radius 3 is 2.88 bits per heavy atom. The highest BCUT2D eigenvalue weighted by Crippen LogP contribution is 2.13. The first-order valence-electron chi connectivity index (χ1n) is 4.99. The number of carbonyl (C=O) groups is 1. The lowest BCUT2D eigenvalue weighted by Gasteiger charge is -2.02. The molecule has 2 rings (SSSR count). The van der Waals surface area contributed by atoms with E-state index < -0.39 is 0 Å². The lowest BCUT2D eigenvalue weighted by atomic mass is 10.1. The maximum absolute atomic E-state index is 11.2. The quantitative estimate of drug-likeness (QED) is 0.789. The lowest BCUT2D eigenvalue weighted by molar-refractivity contribution is -0.149. The second-order valence-electron chi connectivity index (χ2n) is 3.38. The van der Waals surface area contributed by atoms with Gasteiger partial charge >= 0.3 is 5.97 Å². The third kappa shape index (κ3) is 2.35. The van der Waals surface area contributed by atoms with E-state index in [1.807, 2.05) is 30.3 Å². The topological polar surface area (TPSA) is 51.2 Å². The Morgan fingerprint density at radius 1 is 1.38 bits per heavy atom. The molecular formula is C12H12N2O2. The molecule has 0 spiro atoms. The summed E-state index contributed by atoms with van der Waals surface area (Å²) in [7, 11) is 1.55. The molecule has 0 aliphatic heterocycles. The molecule has 4 heteroatoms. The fraction of sp³-hybridized carbons (Fsp3) is 0.167. The van der Waals surface area contributed by atoms with Gasteiger partial charge in [-0.05, 0) is 11.5 Å². The number of nitrogens with zero attached hydrogens (tertiary/aromatic N) is 1. The van der Waals surface area contributed by atoms with Gasteiger partial charge in [-0.25, -0.2) is 4.79 Å². The molecule has 0 saturated carbocycles. The first-order chi connectivity index (χ1) is 7.79. The summed E-state index contributed by atoms with van der Waals surface area (Å²) in [5, 5.41) is 2.14. The average Bonchev–Trinajstić information content (AvgIpc) is 2.29. The Balaban J connectivity index is 2.22. The molecule has 1 N–H and O–H groups in total. The van der Waals surface area contributed by atoms with Crippen molar-refractivity contribution >= 4 is 16.7 Å². The maximum Gasteiger partial charge on any atom is 0.330 e. The molecule has 0 saturated heterocycles. The largest absolute Gasteiger partial charge is 0.371 e. The predicted octanol–water partition coefficient (Wildman–Crippen LogP) is 1.45. The Hall–Kier alpha value is -1.94. The van der Waals surface area contributed by atoms with Gasteiger partial charge in [0.25, 0.3) is 0 Å². The molecule has 1 aromatic carbocycles. The molecular weight excluding hydrogens is 204 g/mol. The summed E-state index contributed by atoms with van der Waals surface area (Å²) in [6.07, 6.45) is 1.93. The first-order valence-corrected chi connectivity index (χ1v) is 4.99. The second kappa shape index (κ2) is 4.72. The molecule has 0 unspecified atom stereocenters. The Kier molecular flexibility index (Phi) is 3.12. The number of benzene rings is 1. The van der Waals surface area contributed by atoms with E-state index in [0.29, 0.717) is 5.69 Å². The molecule has 2 aromatic rings. The van der Waals surface area contributed by atoms with Gasteiger partial charge in [-0.15, -0.1) is 0 Å². The van der Waals surface area contributed by atoms with Crippen LogP contribution in [-0.2, 0) is 16.1 Å². The van der Waals surface area contributed by atoms with E-state index in [4.69, 9.17) is 0 Å². The van der Waals surface area contributed by atoms with E-state index in [1.165, 1.54) is 0 Å². The minimum absolute atomic E-state index is 0.172. The van der Waals surface area contributed by atoms with Crippen LogP contribution in [0.15, 0.2) is 36.5 Å². The number of nitrogens with one attached hydrogen (secondary N) is 1. The van der Waals surface area contributed by atoms with Crippen molar-refractivity contribution in [3.63, 3.8) is 0 Å². The third-order valence-electron chi connectivity index (χ3n) is 2.23. The summed E-state index contributed by atoms with van der Waals surface area (Å²) in [5.41, 5.74) is 3.05. The van der Waals surface area contributed by atoms with Gasteiger partial charge in [0.1, 0.15) is 0 Å². The van der Waals surface area contributed by atoms with Crippen LogP contribution in [-0.4, -0.2) is 18.0 Å². The van der Waals surface area contributed by atoms with Crippen LogP contribution in [0.25, 0.3) is 10.8 Å². The van der Waals surface area contributed by atoms with Gasteiger partial charge in [-0.3, -0.25) is 4.98 Å². The van der Waals surface area contributed by atoms with Crippen LogP contribution in [0.4, 0.5) is 0 Å². The fourth-order valence-electron chi connectivity index (χ4n) is 1.52. The summed E-state index contributed by atoms with van der Waals surface area (Å²) in [5.74, 6) is -0.342. The zero-order chi connectivity index (χ0) is 11.4. The van der Waals surface area contributed by atoms with Crippen molar-refractivity contribution in [1.82, 2.24) is 10.5 Å². The minimum atomic E-state index is -0.342. The van der Waals surface area contributed by atoms with Crippen LogP contribution in [0.5, 0.6) is 0 Å². The number of carbonyl (C=O) groups excluding carboxylic acids is 1. The summed E-state index contributed by atoms with van der Waals surface area (Å²) in [6, 6.07) is 9.78. The number of hydroxylamine groups is 1. The lowest BCUT2D eigenvalue weighted by Crippen LogP contribution is -2.17. The maximum atomic E-state index is 11.2.